The number of hydrogen-bond acceptors (Lipinski definition) is 6. The summed E-state index contributed by atoms with van der Waals surface area (Å²) in [4.78, 5) is 11.6. The van der Waals surface area contributed by atoms with Crippen molar-refractivity contribution in [2.75, 3.05) is 12.4 Å². The number of pyridine rings is 1. The molecule has 26 heavy (non-hydrogen) atoms. The van der Waals surface area contributed by atoms with Crippen molar-refractivity contribution < 1.29 is 13.5 Å². The number of methoxy groups -OCH3 is 1. The Morgan fingerprint density at radius 2 is 2.04 bits per heavy atom. The zero-order valence-corrected chi connectivity index (χ0v) is 14.9. The molecular formula is C16H15ClF2N6O. The van der Waals surface area contributed by atoms with E-state index < -0.39 is 11.7 Å². The minimum Gasteiger partial charge on any atom is -0.481 e. The van der Waals surface area contributed by atoms with Crippen LogP contribution < -0.4 is 10.1 Å². The number of hydrogen-bond donors (Lipinski definition) is 1. The zero-order chi connectivity index (χ0) is 18.9. The Hall–Kier alpha value is -2.81. The van der Waals surface area contributed by atoms with Gasteiger partial charge in [-0.05, 0) is 12.1 Å². The Labute approximate surface area is 153 Å². The Kier molecular flexibility index (Phi) is 4.73. The van der Waals surface area contributed by atoms with E-state index in [1.165, 1.54) is 13.2 Å². The van der Waals surface area contributed by atoms with E-state index in [0.717, 1.165) is 0 Å². The fourth-order valence-electron chi connectivity index (χ4n) is 2.22. The molecule has 3 rings (SSSR count). The lowest BCUT2D eigenvalue weighted by Gasteiger charge is -2.14. The quantitative estimate of drug-likeness (QED) is 0.678. The molecule has 0 saturated heterocycles. The number of nitrogens with zero attached hydrogens (tertiary/aromatic N) is 5. The van der Waals surface area contributed by atoms with E-state index in [0.29, 0.717) is 23.9 Å². The molecular weight excluding hydrogens is 366 g/mol. The topological polar surface area (TPSA) is 77.8 Å². The monoisotopic (exact) mass is 380 g/mol. The van der Waals surface area contributed by atoms with Gasteiger partial charge in [-0.25, -0.2) is 9.97 Å². The molecule has 0 aromatic carbocycles. The molecule has 0 atom stereocenters. The van der Waals surface area contributed by atoms with Gasteiger partial charge in [0.1, 0.15) is 11.0 Å². The Balaban J connectivity index is 2.05. The molecule has 0 radical (unpaired) electrons. The number of rotatable bonds is 5. The third-order valence-electron chi connectivity index (χ3n) is 3.43. The van der Waals surface area contributed by atoms with Crippen molar-refractivity contribution in [1.29, 1.82) is 0 Å². The fraction of sp³-hybridized carbons (Fsp3) is 0.250. The highest BCUT2D eigenvalue weighted by molar-refractivity contribution is 6.29. The van der Waals surface area contributed by atoms with Gasteiger partial charge in [0, 0.05) is 38.0 Å². The van der Waals surface area contributed by atoms with E-state index >= 15 is 0 Å². The lowest BCUT2D eigenvalue weighted by atomic mass is 10.1. The van der Waals surface area contributed by atoms with Crippen LogP contribution in [0.2, 0.25) is 5.15 Å². The molecule has 0 bridgehead atoms. The van der Waals surface area contributed by atoms with Crippen molar-refractivity contribution in [1.82, 2.24) is 24.7 Å². The summed E-state index contributed by atoms with van der Waals surface area (Å²) < 4.78 is 33.9. The molecule has 3 aromatic heterocycles. The predicted molar refractivity (Wildman–Crippen MR) is 92.9 cm³/mol. The Morgan fingerprint density at radius 3 is 2.65 bits per heavy atom. The first kappa shape index (κ1) is 18.0. The van der Waals surface area contributed by atoms with Gasteiger partial charge in [-0.15, -0.1) is 0 Å². The number of aryl methyl sites for hydroxylation is 1. The van der Waals surface area contributed by atoms with E-state index in [9.17, 15) is 8.78 Å². The highest BCUT2D eigenvalue weighted by atomic mass is 35.5. The van der Waals surface area contributed by atoms with Gasteiger partial charge < -0.3 is 10.1 Å². The number of alkyl halides is 2. The molecule has 0 saturated carbocycles. The largest absolute Gasteiger partial charge is 0.481 e. The predicted octanol–water partition coefficient (Wildman–Crippen LogP) is 3.79. The fourth-order valence-corrected chi connectivity index (χ4v) is 2.38. The summed E-state index contributed by atoms with van der Waals surface area (Å²) >= 11 is 5.98. The van der Waals surface area contributed by atoms with Crippen LogP contribution in [0.1, 0.15) is 12.7 Å². The molecule has 0 aliphatic heterocycles. The van der Waals surface area contributed by atoms with Gasteiger partial charge in [-0.2, -0.15) is 18.9 Å². The van der Waals surface area contributed by atoms with Gasteiger partial charge in [0.2, 0.25) is 11.7 Å². The first-order valence-corrected chi connectivity index (χ1v) is 7.88. The zero-order valence-electron chi connectivity index (χ0n) is 14.2. The van der Waals surface area contributed by atoms with E-state index in [4.69, 9.17) is 16.3 Å². The van der Waals surface area contributed by atoms with Gasteiger partial charge in [0.15, 0.2) is 0 Å². The van der Waals surface area contributed by atoms with Gasteiger partial charge >= 0.3 is 5.92 Å². The summed E-state index contributed by atoms with van der Waals surface area (Å²) in [5.41, 5.74) is 1.79. The lowest BCUT2D eigenvalue weighted by Crippen LogP contribution is -2.14. The van der Waals surface area contributed by atoms with Crippen LogP contribution in [-0.4, -0.2) is 31.8 Å². The van der Waals surface area contributed by atoms with Gasteiger partial charge in [-0.3, -0.25) is 4.68 Å². The maximum Gasteiger partial charge on any atom is 0.304 e. The van der Waals surface area contributed by atoms with E-state index in [-0.39, 0.29) is 16.9 Å². The normalized spacial score (nSPS) is 11.5. The van der Waals surface area contributed by atoms with Crippen molar-refractivity contribution in [3.05, 3.63) is 41.6 Å². The van der Waals surface area contributed by atoms with Crippen molar-refractivity contribution >= 4 is 23.1 Å². The smallest absolute Gasteiger partial charge is 0.304 e. The third kappa shape index (κ3) is 3.88. The molecule has 0 aliphatic carbocycles. The van der Waals surface area contributed by atoms with Crippen LogP contribution in [0.15, 0.2) is 30.6 Å². The molecule has 0 fully saturated rings. The summed E-state index contributed by atoms with van der Waals surface area (Å²) in [6.07, 6.45) is 3.32. The minimum atomic E-state index is -3.22. The van der Waals surface area contributed by atoms with Crippen LogP contribution in [-0.2, 0) is 13.0 Å². The lowest BCUT2D eigenvalue weighted by molar-refractivity contribution is 0.00726. The number of aromatic nitrogens is 5. The van der Waals surface area contributed by atoms with Crippen molar-refractivity contribution in [2.24, 2.45) is 7.05 Å². The van der Waals surface area contributed by atoms with Crippen LogP contribution in [0.3, 0.4) is 0 Å². The number of anilines is 2. The highest BCUT2D eigenvalue weighted by Gasteiger charge is 2.29. The van der Waals surface area contributed by atoms with Crippen molar-refractivity contribution in [3.8, 4) is 17.1 Å². The summed E-state index contributed by atoms with van der Waals surface area (Å²) in [6.45, 7) is 0.716. The maximum atomic E-state index is 13.6. The molecule has 3 heterocycles. The molecule has 7 nitrogen and oxygen atoms in total. The number of nitrogens with one attached hydrogen (secondary N) is 1. The number of halogens is 3. The van der Waals surface area contributed by atoms with Gasteiger partial charge in [-0.1, -0.05) is 11.6 Å². The average molecular weight is 381 g/mol. The summed E-state index contributed by atoms with van der Waals surface area (Å²) in [5, 5.41) is 7.52. The van der Waals surface area contributed by atoms with Crippen LogP contribution in [0, 0.1) is 0 Å². The molecule has 136 valence electrons. The molecule has 0 spiro atoms. The van der Waals surface area contributed by atoms with Crippen LogP contribution in [0.5, 0.6) is 5.88 Å². The second-order valence-electron chi connectivity index (χ2n) is 5.56. The van der Waals surface area contributed by atoms with Gasteiger partial charge in [0.25, 0.3) is 0 Å². The van der Waals surface area contributed by atoms with Crippen LogP contribution in [0.25, 0.3) is 11.3 Å². The van der Waals surface area contributed by atoms with Crippen molar-refractivity contribution in [2.45, 2.75) is 12.8 Å². The standard InChI is InChI=1S/C16H15ClF2N6O/c1-16(18,19)15-22-13(7-14(23-15)26-3)21-11-6-12(17)20-8-9(11)10-4-5-25(2)24-10/h4-8H,1-3H3,(H,20,21,22,23). The molecule has 0 aliphatic rings. The molecule has 1 N–H and O–H groups in total. The third-order valence-corrected chi connectivity index (χ3v) is 3.63. The number of ether oxygens (including phenoxy) is 1. The summed E-state index contributed by atoms with van der Waals surface area (Å²) in [5.74, 6) is -3.73. The van der Waals surface area contributed by atoms with E-state index in [2.05, 4.69) is 25.4 Å². The second-order valence-corrected chi connectivity index (χ2v) is 5.95. The van der Waals surface area contributed by atoms with E-state index in [1.54, 1.807) is 36.3 Å². The summed E-state index contributed by atoms with van der Waals surface area (Å²) in [6, 6.07) is 4.76. The van der Waals surface area contributed by atoms with Crippen LogP contribution in [0.4, 0.5) is 20.3 Å². The maximum absolute atomic E-state index is 13.6. The molecule has 0 amide bonds. The van der Waals surface area contributed by atoms with Crippen LogP contribution >= 0.6 is 11.6 Å². The van der Waals surface area contributed by atoms with E-state index in [1.807, 2.05) is 0 Å². The first-order valence-electron chi connectivity index (χ1n) is 7.50. The average Bonchev–Trinajstić information content (AvgIpc) is 3.00. The Morgan fingerprint density at radius 1 is 1.27 bits per heavy atom. The highest BCUT2D eigenvalue weighted by Crippen LogP contribution is 2.32. The molecule has 3 aromatic rings. The molecule has 10 heteroatoms. The van der Waals surface area contributed by atoms with Gasteiger partial charge in [0.05, 0.1) is 18.5 Å². The first-order chi connectivity index (χ1) is 12.3. The second kappa shape index (κ2) is 6.83. The van der Waals surface area contributed by atoms with Crippen molar-refractivity contribution in [3.63, 3.8) is 0 Å². The minimum absolute atomic E-state index is 0.0126. The Bertz CT molecular complexity index is 941. The molecule has 0 unspecified atom stereocenters. The SMILES string of the molecule is COc1cc(Nc2cc(Cl)ncc2-c2ccn(C)n2)nc(C(C)(F)F)n1. The summed E-state index contributed by atoms with van der Waals surface area (Å²) in [7, 11) is 3.12.